The number of ketones is 1. The summed E-state index contributed by atoms with van der Waals surface area (Å²) in [6, 6.07) is 26.0. The number of ether oxygens (including phenoxy) is 2. The Morgan fingerprint density at radius 3 is 2.33 bits per heavy atom. The quantitative estimate of drug-likeness (QED) is 0.379. The van der Waals surface area contributed by atoms with Gasteiger partial charge in [0.1, 0.15) is 23.7 Å². The first-order chi connectivity index (χ1) is 16.1. The Kier molecular flexibility index (Phi) is 7.46. The van der Waals surface area contributed by atoms with Gasteiger partial charge in [0.25, 0.3) is 0 Å². The van der Waals surface area contributed by atoms with Gasteiger partial charge in [-0.1, -0.05) is 74.0 Å². The molecule has 0 spiro atoms. The number of rotatable bonds is 9. The summed E-state index contributed by atoms with van der Waals surface area (Å²) in [5, 5.41) is 0. The summed E-state index contributed by atoms with van der Waals surface area (Å²) in [5.74, 6) is 1.28. The molecule has 0 aromatic heterocycles. The van der Waals surface area contributed by atoms with Crippen molar-refractivity contribution in [2.75, 3.05) is 20.6 Å². The molecule has 0 fully saturated rings. The van der Waals surface area contributed by atoms with E-state index in [1.807, 2.05) is 66.7 Å². The SMILES string of the molecule is CCC[C@H]1C(=O)c2cc(OC(CCN(C)C)c3ccccc3)ccc2O[C@H]1c1ccccc1. The standard InChI is InChI=1S/C29H33NO3/c1-4-11-24-28(31)25-20-23(16-17-27(25)33-29(24)22-14-9-6-10-15-22)32-26(18-19-30(2)3)21-12-7-5-8-13-21/h5-10,12-17,20,24,26,29H,4,11,18-19H2,1-3H3/t24-,26?,29-/m0/s1. The summed E-state index contributed by atoms with van der Waals surface area (Å²) >= 11 is 0. The van der Waals surface area contributed by atoms with Crippen molar-refractivity contribution in [1.29, 1.82) is 0 Å². The van der Waals surface area contributed by atoms with Crippen LogP contribution in [0, 0.1) is 5.92 Å². The van der Waals surface area contributed by atoms with Crippen molar-refractivity contribution in [3.8, 4) is 11.5 Å². The van der Waals surface area contributed by atoms with Crippen molar-refractivity contribution < 1.29 is 14.3 Å². The Labute approximate surface area is 197 Å². The van der Waals surface area contributed by atoms with Crippen molar-refractivity contribution in [2.45, 2.75) is 38.4 Å². The molecule has 3 atom stereocenters. The predicted octanol–water partition coefficient (Wildman–Crippen LogP) is 6.49. The summed E-state index contributed by atoms with van der Waals surface area (Å²) in [6.45, 7) is 3.02. The molecule has 0 bridgehead atoms. The molecule has 1 unspecified atom stereocenters. The summed E-state index contributed by atoms with van der Waals surface area (Å²) in [6.07, 6.45) is 2.23. The van der Waals surface area contributed by atoms with Crippen molar-refractivity contribution in [3.63, 3.8) is 0 Å². The van der Waals surface area contributed by atoms with E-state index in [1.54, 1.807) is 0 Å². The van der Waals surface area contributed by atoms with Crippen LogP contribution in [0.5, 0.6) is 11.5 Å². The Bertz CT molecular complexity index is 1050. The van der Waals surface area contributed by atoms with Gasteiger partial charge in [-0.15, -0.1) is 0 Å². The Morgan fingerprint density at radius 2 is 1.67 bits per heavy atom. The molecule has 1 aliphatic heterocycles. The summed E-state index contributed by atoms with van der Waals surface area (Å²) < 4.78 is 12.8. The molecule has 1 aliphatic rings. The van der Waals surface area contributed by atoms with Gasteiger partial charge in [0, 0.05) is 13.0 Å². The van der Waals surface area contributed by atoms with Crippen molar-refractivity contribution in [1.82, 2.24) is 4.90 Å². The van der Waals surface area contributed by atoms with Gasteiger partial charge in [0.05, 0.1) is 11.5 Å². The highest BCUT2D eigenvalue weighted by Gasteiger charge is 2.37. The third-order valence-electron chi connectivity index (χ3n) is 6.19. The summed E-state index contributed by atoms with van der Waals surface area (Å²) in [5.41, 5.74) is 2.80. The maximum atomic E-state index is 13.6. The molecule has 3 aromatic carbocycles. The third-order valence-corrected chi connectivity index (χ3v) is 6.19. The molecule has 0 amide bonds. The number of hydrogen-bond donors (Lipinski definition) is 0. The van der Waals surface area contributed by atoms with Crippen LogP contribution in [0.3, 0.4) is 0 Å². The molecule has 0 saturated heterocycles. The van der Waals surface area contributed by atoms with Gasteiger partial charge in [0.15, 0.2) is 5.78 Å². The van der Waals surface area contributed by atoms with E-state index >= 15 is 0 Å². The van der Waals surface area contributed by atoms with E-state index in [9.17, 15) is 4.79 Å². The predicted molar refractivity (Wildman–Crippen MR) is 132 cm³/mol. The number of benzene rings is 3. The minimum atomic E-state index is -0.255. The molecule has 0 saturated carbocycles. The van der Waals surface area contributed by atoms with E-state index in [2.05, 4.69) is 38.1 Å². The molecule has 3 aromatic rings. The van der Waals surface area contributed by atoms with Gasteiger partial charge in [-0.3, -0.25) is 4.79 Å². The average molecular weight is 444 g/mol. The van der Waals surface area contributed by atoms with E-state index < -0.39 is 0 Å². The average Bonchev–Trinajstić information content (AvgIpc) is 2.84. The van der Waals surface area contributed by atoms with Crippen LogP contribution < -0.4 is 9.47 Å². The monoisotopic (exact) mass is 443 g/mol. The van der Waals surface area contributed by atoms with Crippen LogP contribution in [0.1, 0.15) is 59.9 Å². The minimum absolute atomic E-state index is 0.0882. The van der Waals surface area contributed by atoms with Gasteiger partial charge in [0.2, 0.25) is 0 Å². The minimum Gasteiger partial charge on any atom is -0.486 e. The molecule has 172 valence electrons. The Hall–Kier alpha value is -3.11. The molecular weight excluding hydrogens is 410 g/mol. The first-order valence-corrected chi connectivity index (χ1v) is 11.8. The van der Waals surface area contributed by atoms with E-state index in [4.69, 9.17) is 9.47 Å². The van der Waals surface area contributed by atoms with Crippen molar-refractivity contribution >= 4 is 5.78 Å². The van der Waals surface area contributed by atoms with Crippen LogP contribution in [0.25, 0.3) is 0 Å². The van der Waals surface area contributed by atoms with Crippen LogP contribution in [-0.4, -0.2) is 31.3 Å². The maximum absolute atomic E-state index is 13.6. The number of fused-ring (bicyclic) bond motifs is 1. The van der Waals surface area contributed by atoms with Crippen molar-refractivity contribution in [3.05, 3.63) is 95.6 Å². The molecular formula is C29H33NO3. The van der Waals surface area contributed by atoms with E-state index in [1.165, 1.54) is 0 Å². The number of nitrogens with zero attached hydrogens (tertiary/aromatic N) is 1. The van der Waals surface area contributed by atoms with Crippen LogP contribution in [0.2, 0.25) is 0 Å². The molecule has 4 nitrogen and oxygen atoms in total. The lowest BCUT2D eigenvalue weighted by atomic mass is 9.83. The van der Waals surface area contributed by atoms with E-state index in [0.717, 1.165) is 36.9 Å². The fourth-order valence-corrected chi connectivity index (χ4v) is 4.47. The number of hydrogen-bond acceptors (Lipinski definition) is 4. The highest BCUT2D eigenvalue weighted by molar-refractivity contribution is 6.02. The molecule has 0 N–H and O–H groups in total. The van der Waals surface area contributed by atoms with Crippen LogP contribution in [0.15, 0.2) is 78.9 Å². The first kappa shape index (κ1) is 23.1. The third kappa shape index (κ3) is 5.45. The molecule has 4 heteroatoms. The summed E-state index contributed by atoms with van der Waals surface area (Å²) in [4.78, 5) is 15.7. The molecule has 33 heavy (non-hydrogen) atoms. The van der Waals surface area contributed by atoms with Gasteiger partial charge in [-0.2, -0.15) is 0 Å². The van der Waals surface area contributed by atoms with Gasteiger partial charge >= 0.3 is 0 Å². The van der Waals surface area contributed by atoms with Crippen LogP contribution in [-0.2, 0) is 0 Å². The fourth-order valence-electron chi connectivity index (χ4n) is 4.47. The first-order valence-electron chi connectivity index (χ1n) is 11.8. The Balaban J connectivity index is 1.61. The Morgan fingerprint density at radius 1 is 0.970 bits per heavy atom. The lowest BCUT2D eigenvalue weighted by Gasteiger charge is -2.33. The molecule has 0 radical (unpaired) electrons. The maximum Gasteiger partial charge on any atom is 0.173 e. The number of Topliss-reactive ketones (excluding diaryl/α,β-unsaturated/α-hetero) is 1. The van der Waals surface area contributed by atoms with Crippen LogP contribution in [0.4, 0.5) is 0 Å². The number of carbonyl (C=O) groups is 1. The fraction of sp³-hybridized carbons (Fsp3) is 0.345. The molecule has 1 heterocycles. The second-order valence-corrected chi connectivity index (χ2v) is 8.98. The second kappa shape index (κ2) is 10.7. The highest BCUT2D eigenvalue weighted by atomic mass is 16.5. The zero-order valence-electron chi connectivity index (χ0n) is 19.7. The van der Waals surface area contributed by atoms with Crippen molar-refractivity contribution in [2.24, 2.45) is 5.92 Å². The zero-order chi connectivity index (χ0) is 23.2. The van der Waals surface area contributed by atoms with Crippen LogP contribution >= 0.6 is 0 Å². The highest BCUT2D eigenvalue weighted by Crippen LogP contribution is 2.42. The lowest BCUT2D eigenvalue weighted by Crippen LogP contribution is -2.31. The second-order valence-electron chi connectivity index (χ2n) is 8.98. The molecule has 0 aliphatic carbocycles. The zero-order valence-corrected chi connectivity index (χ0v) is 19.7. The topological polar surface area (TPSA) is 38.8 Å². The molecule has 4 rings (SSSR count). The smallest absolute Gasteiger partial charge is 0.173 e. The summed E-state index contributed by atoms with van der Waals surface area (Å²) in [7, 11) is 4.13. The van der Waals surface area contributed by atoms with Gasteiger partial charge in [-0.25, -0.2) is 0 Å². The van der Waals surface area contributed by atoms with E-state index in [0.29, 0.717) is 17.1 Å². The lowest BCUT2D eigenvalue weighted by molar-refractivity contribution is 0.0633. The van der Waals surface area contributed by atoms with Gasteiger partial charge < -0.3 is 14.4 Å². The normalized spacial score (nSPS) is 18.5. The largest absolute Gasteiger partial charge is 0.486 e. The van der Waals surface area contributed by atoms with Gasteiger partial charge in [-0.05, 0) is 49.8 Å². The van der Waals surface area contributed by atoms with E-state index in [-0.39, 0.29) is 23.9 Å². The number of carbonyl (C=O) groups excluding carboxylic acids is 1.